The van der Waals surface area contributed by atoms with Crippen molar-refractivity contribution in [1.82, 2.24) is 20.3 Å². The minimum absolute atomic E-state index is 0.0255. The van der Waals surface area contributed by atoms with Crippen LogP contribution >= 0.6 is 11.6 Å². The number of ether oxygens (including phenoxy) is 2. The minimum Gasteiger partial charge on any atom is -0.494 e. The molecule has 0 unspecified atom stereocenters. The summed E-state index contributed by atoms with van der Waals surface area (Å²) in [6.07, 6.45) is 0.983. The number of hydrogen-bond acceptors (Lipinski definition) is 7. The smallest absolute Gasteiger partial charge is 0.410 e. The van der Waals surface area contributed by atoms with Gasteiger partial charge in [0.05, 0.1) is 13.0 Å². The summed E-state index contributed by atoms with van der Waals surface area (Å²) in [7, 11) is 1.54. The third-order valence-corrected chi connectivity index (χ3v) is 4.80. The van der Waals surface area contributed by atoms with Gasteiger partial charge in [-0.25, -0.2) is 9.78 Å². The molecule has 1 fully saturated rings. The van der Waals surface area contributed by atoms with Crippen LogP contribution in [0.15, 0.2) is 18.2 Å². The van der Waals surface area contributed by atoms with Crippen LogP contribution in [0.5, 0.6) is 5.75 Å². The van der Waals surface area contributed by atoms with Gasteiger partial charge in [-0.15, -0.1) is 0 Å². The molecule has 1 aromatic heterocycles. The predicted molar refractivity (Wildman–Crippen MR) is 113 cm³/mol. The summed E-state index contributed by atoms with van der Waals surface area (Å²) in [5, 5.41) is 0.676. The Morgan fingerprint density at radius 3 is 2.73 bits per heavy atom. The number of likely N-dealkylation sites (tertiary alicyclic amines) is 1. The molecule has 1 saturated heterocycles. The Morgan fingerprint density at radius 2 is 2.03 bits per heavy atom. The molecule has 0 bridgehead atoms. The molecule has 9 nitrogen and oxygen atoms in total. The standard InChI is InChI=1S/C20H26ClN5O4/c1-20(2,3)30-19(28)26-10-6-7-12(11-26)17(27)25-24-16-13-8-5-9-14(29-4)15(13)22-18(21)23-16/h5,8-9,12H,6-7,10-11H2,1-4H3,(H,25,27)(H,22,23,24)/t12-/m1/s1. The van der Waals surface area contributed by atoms with Gasteiger partial charge >= 0.3 is 6.09 Å². The zero-order valence-electron chi connectivity index (χ0n) is 17.5. The lowest BCUT2D eigenvalue weighted by molar-refractivity contribution is -0.126. The van der Waals surface area contributed by atoms with Crippen molar-refractivity contribution in [3.63, 3.8) is 0 Å². The maximum absolute atomic E-state index is 12.7. The summed E-state index contributed by atoms with van der Waals surface area (Å²) in [4.78, 5) is 35.0. The molecule has 2 amide bonds. The van der Waals surface area contributed by atoms with E-state index in [1.807, 2.05) is 20.8 Å². The molecule has 3 rings (SSSR count). The van der Waals surface area contributed by atoms with Crippen LogP contribution in [-0.4, -0.2) is 52.7 Å². The van der Waals surface area contributed by atoms with Crippen molar-refractivity contribution in [2.45, 2.75) is 39.2 Å². The fraction of sp³-hybridized carbons (Fsp3) is 0.500. The normalized spacial score (nSPS) is 16.8. The second-order valence-corrected chi connectivity index (χ2v) is 8.42. The van der Waals surface area contributed by atoms with Crippen molar-refractivity contribution < 1.29 is 19.1 Å². The van der Waals surface area contributed by atoms with Gasteiger partial charge in [0.15, 0.2) is 5.82 Å². The van der Waals surface area contributed by atoms with E-state index in [-0.39, 0.29) is 17.1 Å². The van der Waals surface area contributed by atoms with Crippen LogP contribution in [-0.2, 0) is 9.53 Å². The number of benzene rings is 1. The molecule has 0 radical (unpaired) electrons. The third kappa shape index (κ3) is 5.21. The van der Waals surface area contributed by atoms with Crippen molar-refractivity contribution in [3.8, 4) is 5.75 Å². The Bertz CT molecular complexity index is 947. The average Bonchev–Trinajstić information content (AvgIpc) is 2.70. The van der Waals surface area contributed by atoms with E-state index in [1.165, 1.54) is 0 Å². The number of methoxy groups -OCH3 is 1. The first-order valence-electron chi connectivity index (χ1n) is 9.72. The largest absolute Gasteiger partial charge is 0.494 e. The Labute approximate surface area is 180 Å². The predicted octanol–water partition coefficient (Wildman–Crippen LogP) is 3.38. The summed E-state index contributed by atoms with van der Waals surface area (Å²) in [5.74, 6) is 0.300. The Kier molecular flexibility index (Phi) is 6.50. The molecule has 1 aliphatic rings. The first kappa shape index (κ1) is 21.9. The number of hydrazine groups is 1. The summed E-state index contributed by atoms with van der Waals surface area (Å²) < 4.78 is 10.7. The van der Waals surface area contributed by atoms with E-state index >= 15 is 0 Å². The van der Waals surface area contributed by atoms with Crippen LogP contribution in [0.3, 0.4) is 0 Å². The molecule has 0 aliphatic carbocycles. The van der Waals surface area contributed by atoms with Crippen LogP contribution < -0.4 is 15.6 Å². The van der Waals surface area contributed by atoms with Crippen molar-refractivity contribution in [2.75, 3.05) is 25.6 Å². The Morgan fingerprint density at radius 1 is 1.27 bits per heavy atom. The molecule has 2 aromatic rings. The summed E-state index contributed by atoms with van der Waals surface area (Å²) in [6, 6.07) is 5.36. The summed E-state index contributed by atoms with van der Waals surface area (Å²) in [6.45, 7) is 6.30. The SMILES string of the molecule is COc1cccc2c(NNC(=O)[C@@H]3CCCN(C(=O)OC(C)(C)C)C3)nc(Cl)nc12. The zero-order valence-corrected chi connectivity index (χ0v) is 18.2. The van der Waals surface area contributed by atoms with Crippen LogP contribution in [0.25, 0.3) is 10.9 Å². The number of aromatic nitrogens is 2. The van der Waals surface area contributed by atoms with Crippen LogP contribution in [0.4, 0.5) is 10.6 Å². The van der Waals surface area contributed by atoms with E-state index in [0.717, 1.165) is 6.42 Å². The maximum atomic E-state index is 12.7. The quantitative estimate of drug-likeness (QED) is 0.560. The number of nitrogens with one attached hydrogen (secondary N) is 2. The van der Waals surface area contributed by atoms with E-state index in [9.17, 15) is 9.59 Å². The molecule has 10 heteroatoms. The van der Waals surface area contributed by atoms with Crippen molar-refractivity contribution in [2.24, 2.45) is 5.92 Å². The highest BCUT2D eigenvalue weighted by Gasteiger charge is 2.31. The molecule has 162 valence electrons. The molecular formula is C20H26ClN5O4. The van der Waals surface area contributed by atoms with Gasteiger partial charge in [-0.2, -0.15) is 4.98 Å². The first-order chi connectivity index (χ1) is 14.2. The summed E-state index contributed by atoms with van der Waals surface area (Å²) >= 11 is 6.03. The van der Waals surface area contributed by atoms with E-state index in [0.29, 0.717) is 42.0 Å². The van der Waals surface area contributed by atoms with Gasteiger partial charge in [0.2, 0.25) is 11.2 Å². The lowest BCUT2D eigenvalue weighted by atomic mass is 9.98. The third-order valence-electron chi connectivity index (χ3n) is 4.63. The number of nitrogens with zero attached hydrogens (tertiary/aromatic N) is 3. The molecule has 2 heterocycles. The zero-order chi connectivity index (χ0) is 21.9. The topological polar surface area (TPSA) is 106 Å². The molecular weight excluding hydrogens is 410 g/mol. The molecule has 1 atom stereocenters. The van der Waals surface area contributed by atoms with Gasteiger partial charge in [0.1, 0.15) is 16.9 Å². The Hall–Kier alpha value is -2.81. The first-order valence-corrected chi connectivity index (χ1v) is 10.1. The van der Waals surface area contributed by atoms with Crippen molar-refractivity contribution in [3.05, 3.63) is 23.5 Å². The van der Waals surface area contributed by atoms with E-state index in [4.69, 9.17) is 21.1 Å². The van der Waals surface area contributed by atoms with Crippen molar-refractivity contribution >= 4 is 40.3 Å². The molecule has 1 aromatic carbocycles. The molecule has 1 aliphatic heterocycles. The van der Waals surface area contributed by atoms with E-state index < -0.39 is 11.7 Å². The van der Waals surface area contributed by atoms with Crippen LogP contribution in [0.2, 0.25) is 5.28 Å². The second-order valence-electron chi connectivity index (χ2n) is 8.08. The number of hydrogen-bond donors (Lipinski definition) is 2. The highest BCUT2D eigenvalue weighted by molar-refractivity contribution is 6.29. The molecule has 2 N–H and O–H groups in total. The molecule has 0 saturated carbocycles. The van der Waals surface area contributed by atoms with Crippen molar-refractivity contribution in [1.29, 1.82) is 0 Å². The molecule has 0 spiro atoms. The fourth-order valence-corrected chi connectivity index (χ4v) is 3.43. The van der Waals surface area contributed by atoms with Gasteiger partial charge in [0.25, 0.3) is 0 Å². The van der Waals surface area contributed by atoms with Gasteiger partial charge in [0, 0.05) is 18.5 Å². The number of fused-ring (bicyclic) bond motifs is 1. The lowest BCUT2D eigenvalue weighted by Crippen LogP contribution is -2.47. The number of carbonyl (C=O) groups excluding carboxylic acids is 2. The highest BCUT2D eigenvalue weighted by atomic mass is 35.5. The molecule has 30 heavy (non-hydrogen) atoms. The minimum atomic E-state index is -0.581. The number of rotatable bonds is 4. The number of anilines is 1. The Balaban J connectivity index is 1.68. The number of carbonyl (C=O) groups is 2. The van der Waals surface area contributed by atoms with Gasteiger partial charge in [-0.05, 0) is 57.3 Å². The number of piperidine rings is 1. The maximum Gasteiger partial charge on any atom is 0.410 e. The number of amides is 2. The van der Waals surface area contributed by atoms with Gasteiger partial charge in [-0.3, -0.25) is 15.6 Å². The highest BCUT2D eigenvalue weighted by Crippen LogP contribution is 2.29. The lowest BCUT2D eigenvalue weighted by Gasteiger charge is -2.33. The fourth-order valence-electron chi connectivity index (χ4n) is 3.26. The van der Waals surface area contributed by atoms with Crippen LogP contribution in [0.1, 0.15) is 33.6 Å². The monoisotopic (exact) mass is 435 g/mol. The number of halogens is 1. The number of para-hydroxylation sites is 1. The second kappa shape index (κ2) is 8.91. The van der Waals surface area contributed by atoms with Gasteiger partial charge < -0.3 is 14.4 Å². The van der Waals surface area contributed by atoms with Crippen LogP contribution in [0, 0.1) is 5.92 Å². The van der Waals surface area contributed by atoms with E-state index in [2.05, 4.69) is 20.8 Å². The average molecular weight is 436 g/mol. The van der Waals surface area contributed by atoms with E-state index in [1.54, 1.807) is 30.2 Å². The summed E-state index contributed by atoms with van der Waals surface area (Å²) in [5.41, 5.74) is 5.46. The van der Waals surface area contributed by atoms with Gasteiger partial charge in [-0.1, -0.05) is 6.07 Å².